The molecule has 0 unspecified atom stereocenters. The lowest BCUT2D eigenvalue weighted by Crippen LogP contribution is -1.78. The Balaban J connectivity index is 2.47. The van der Waals surface area contributed by atoms with E-state index in [-0.39, 0.29) is 0 Å². The minimum atomic E-state index is 0.405. The molecule has 0 aliphatic rings. The zero-order valence-corrected chi connectivity index (χ0v) is 8.51. The number of nitriles is 1. The molecule has 0 atom stereocenters. The molecular formula is C9H4ClN3S. The van der Waals surface area contributed by atoms with Crippen molar-refractivity contribution in [1.82, 2.24) is 10.2 Å². The van der Waals surface area contributed by atoms with Crippen LogP contribution in [0.2, 0.25) is 4.47 Å². The van der Waals surface area contributed by atoms with Crippen molar-refractivity contribution >= 4 is 22.9 Å². The third-order valence-electron chi connectivity index (χ3n) is 1.64. The van der Waals surface area contributed by atoms with Gasteiger partial charge in [-0.1, -0.05) is 23.5 Å². The molecule has 0 radical (unpaired) electrons. The summed E-state index contributed by atoms with van der Waals surface area (Å²) in [5, 5.41) is 17.0. The molecule has 0 amide bonds. The van der Waals surface area contributed by atoms with Crippen LogP contribution in [0.1, 0.15) is 5.56 Å². The van der Waals surface area contributed by atoms with Gasteiger partial charge in [-0.3, -0.25) is 0 Å². The molecule has 68 valence electrons. The topological polar surface area (TPSA) is 49.6 Å². The Bertz CT molecular complexity index is 501. The van der Waals surface area contributed by atoms with Gasteiger partial charge in [0.05, 0.1) is 11.6 Å². The van der Waals surface area contributed by atoms with Crippen molar-refractivity contribution in [3.63, 3.8) is 0 Å². The summed E-state index contributed by atoms with van der Waals surface area (Å²) in [6.45, 7) is 0. The van der Waals surface area contributed by atoms with E-state index in [2.05, 4.69) is 16.3 Å². The molecular weight excluding hydrogens is 218 g/mol. The highest BCUT2D eigenvalue weighted by atomic mass is 35.5. The normalized spacial score (nSPS) is 9.71. The highest BCUT2D eigenvalue weighted by molar-refractivity contribution is 7.18. The van der Waals surface area contributed by atoms with E-state index < -0.39 is 0 Å². The molecule has 3 nitrogen and oxygen atoms in total. The summed E-state index contributed by atoms with van der Waals surface area (Å²) in [6.07, 6.45) is 0. The second-order valence-corrected chi connectivity index (χ2v) is 4.11. The van der Waals surface area contributed by atoms with Gasteiger partial charge in [-0.15, -0.1) is 10.2 Å². The molecule has 14 heavy (non-hydrogen) atoms. The Morgan fingerprint density at radius 2 is 2.21 bits per heavy atom. The Hall–Kier alpha value is -1.44. The maximum Gasteiger partial charge on any atom is 0.207 e. The lowest BCUT2D eigenvalue weighted by molar-refractivity contribution is 1.10. The van der Waals surface area contributed by atoms with Crippen molar-refractivity contribution in [2.75, 3.05) is 0 Å². The second-order valence-electron chi connectivity index (χ2n) is 2.55. The van der Waals surface area contributed by atoms with E-state index in [0.29, 0.717) is 10.0 Å². The van der Waals surface area contributed by atoms with E-state index in [1.54, 1.807) is 12.1 Å². The van der Waals surface area contributed by atoms with E-state index in [1.165, 1.54) is 11.3 Å². The minimum Gasteiger partial charge on any atom is -0.192 e. The van der Waals surface area contributed by atoms with Gasteiger partial charge in [0.2, 0.25) is 4.47 Å². The first kappa shape index (κ1) is 9.13. The monoisotopic (exact) mass is 221 g/mol. The zero-order chi connectivity index (χ0) is 9.97. The van der Waals surface area contributed by atoms with E-state index in [4.69, 9.17) is 16.9 Å². The quantitative estimate of drug-likeness (QED) is 0.744. The summed E-state index contributed by atoms with van der Waals surface area (Å²) in [6, 6.07) is 9.25. The Labute approximate surface area is 89.6 Å². The lowest BCUT2D eigenvalue weighted by Gasteiger charge is -1.94. The first-order valence-corrected chi connectivity index (χ1v) is 4.98. The van der Waals surface area contributed by atoms with Gasteiger partial charge in [0.15, 0.2) is 0 Å². The fraction of sp³-hybridized carbons (Fsp3) is 0. The van der Waals surface area contributed by atoms with Crippen LogP contribution in [0.25, 0.3) is 10.6 Å². The van der Waals surface area contributed by atoms with Gasteiger partial charge in [-0.05, 0) is 23.7 Å². The highest BCUT2D eigenvalue weighted by Crippen LogP contribution is 2.26. The fourth-order valence-corrected chi connectivity index (χ4v) is 1.87. The number of aromatic nitrogens is 2. The smallest absolute Gasteiger partial charge is 0.192 e. The number of nitrogens with zero attached hydrogens (tertiary/aromatic N) is 3. The van der Waals surface area contributed by atoms with Gasteiger partial charge < -0.3 is 0 Å². The van der Waals surface area contributed by atoms with E-state index in [9.17, 15) is 0 Å². The highest BCUT2D eigenvalue weighted by Gasteiger charge is 2.04. The van der Waals surface area contributed by atoms with Crippen LogP contribution in [0.5, 0.6) is 0 Å². The van der Waals surface area contributed by atoms with Crippen molar-refractivity contribution < 1.29 is 0 Å². The molecule has 2 rings (SSSR count). The largest absolute Gasteiger partial charge is 0.207 e. The van der Waals surface area contributed by atoms with Crippen LogP contribution in [0.15, 0.2) is 24.3 Å². The number of halogens is 1. The van der Waals surface area contributed by atoms with Gasteiger partial charge in [0.25, 0.3) is 0 Å². The number of rotatable bonds is 1. The number of benzene rings is 1. The fourth-order valence-electron chi connectivity index (χ4n) is 1.04. The van der Waals surface area contributed by atoms with Crippen molar-refractivity contribution in [2.45, 2.75) is 0 Å². The second kappa shape index (κ2) is 3.74. The average Bonchev–Trinajstić information content (AvgIpc) is 2.65. The van der Waals surface area contributed by atoms with Gasteiger partial charge in [-0.2, -0.15) is 5.26 Å². The molecule has 0 saturated heterocycles. The third-order valence-corrected chi connectivity index (χ3v) is 2.71. The molecule has 5 heteroatoms. The van der Waals surface area contributed by atoms with Crippen LogP contribution in [0, 0.1) is 11.3 Å². The SMILES string of the molecule is N#Cc1cccc(-c2nnc(Cl)s2)c1. The maximum absolute atomic E-state index is 8.71. The molecule has 1 aromatic heterocycles. The molecule has 0 aliphatic carbocycles. The van der Waals surface area contributed by atoms with Gasteiger partial charge in [0, 0.05) is 5.56 Å². The summed E-state index contributed by atoms with van der Waals surface area (Å²) in [5.74, 6) is 0. The number of hydrogen-bond donors (Lipinski definition) is 0. The van der Waals surface area contributed by atoms with Crippen LogP contribution in [0.3, 0.4) is 0 Å². The Morgan fingerprint density at radius 3 is 2.86 bits per heavy atom. The summed E-state index contributed by atoms with van der Waals surface area (Å²) >= 11 is 6.96. The molecule has 0 aliphatic heterocycles. The van der Waals surface area contributed by atoms with Crippen LogP contribution >= 0.6 is 22.9 Å². The molecule has 0 saturated carbocycles. The van der Waals surface area contributed by atoms with Gasteiger partial charge in [0.1, 0.15) is 5.01 Å². The van der Waals surface area contributed by atoms with Crippen LogP contribution in [0.4, 0.5) is 0 Å². The standard InChI is InChI=1S/C9H4ClN3S/c10-9-13-12-8(14-9)7-3-1-2-6(4-7)5-11/h1-4H. The molecule has 0 bridgehead atoms. The van der Waals surface area contributed by atoms with E-state index in [1.807, 2.05) is 12.1 Å². The molecule has 0 N–H and O–H groups in total. The molecule has 2 aromatic rings. The van der Waals surface area contributed by atoms with Crippen molar-refractivity contribution in [1.29, 1.82) is 5.26 Å². The first-order chi connectivity index (χ1) is 6.79. The predicted molar refractivity (Wildman–Crippen MR) is 55.1 cm³/mol. The minimum absolute atomic E-state index is 0.405. The maximum atomic E-state index is 8.71. The van der Waals surface area contributed by atoms with Crippen LogP contribution < -0.4 is 0 Å². The lowest BCUT2D eigenvalue weighted by atomic mass is 10.1. The summed E-state index contributed by atoms with van der Waals surface area (Å²) < 4.78 is 0.405. The number of hydrogen-bond acceptors (Lipinski definition) is 4. The van der Waals surface area contributed by atoms with Crippen LogP contribution in [-0.4, -0.2) is 10.2 Å². The van der Waals surface area contributed by atoms with Gasteiger partial charge >= 0.3 is 0 Å². The van der Waals surface area contributed by atoms with E-state index >= 15 is 0 Å². The average molecular weight is 222 g/mol. The molecule has 1 aromatic carbocycles. The Kier molecular flexibility index (Phi) is 2.44. The summed E-state index contributed by atoms with van der Waals surface area (Å²) in [7, 11) is 0. The molecule has 1 heterocycles. The third kappa shape index (κ3) is 1.74. The summed E-state index contributed by atoms with van der Waals surface area (Å²) in [5.41, 5.74) is 1.47. The molecule has 0 spiro atoms. The summed E-state index contributed by atoms with van der Waals surface area (Å²) in [4.78, 5) is 0. The molecule has 0 fully saturated rings. The first-order valence-electron chi connectivity index (χ1n) is 3.79. The van der Waals surface area contributed by atoms with E-state index in [0.717, 1.165) is 10.6 Å². The Morgan fingerprint density at radius 1 is 1.36 bits per heavy atom. The van der Waals surface area contributed by atoms with Crippen molar-refractivity contribution in [3.05, 3.63) is 34.3 Å². The predicted octanol–water partition coefficient (Wildman–Crippen LogP) is 2.73. The van der Waals surface area contributed by atoms with Crippen molar-refractivity contribution in [3.8, 4) is 16.6 Å². The van der Waals surface area contributed by atoms with Gasteiger partial charge in [-0.25, -0.2) is 0 Å². The zero-order valence-electron chi connectivity index (χ0n) is 6.94. The van der Waals surface area contributed by atoms with Crippen molar-refractivity contribution in [2.24, 2.45) is 0 Å². The van der Waals surface area contributed by atoms with Crippen LogP contribution in [-0.2, 0) is 0 Å².